The van der Waals surface area contributed by atoms with Crippen LogP contribution in [0, 0.1) is 18.7 Å². The number of anilines is 1. The zero-order valence-electron chi connectivity index (χ0n) is 23.5. The number of likely N-dealkylation sites (N-methyl/N-ethyl adjacent to an activating group) is 1. The van der Waals surface area contributed by atoms with Crippen molar-refractivity contribution in [2.45, 2.75) is 51.0 Å². The SMILES string of the molecule is Cc1cc(F)ccc1-c1cc([C@@H]2NC(=O)C[C@@H]2CO)ncc1N(C)C(=O)C(C)(C)c1cc(C(F)(F)F)cc(C(F)(F)F)c1. The van der Waals surface area contributed by atoms with Gasteiger partial charge in [-0.15, -0.1) is 0 Å². The van der Waals surface area contributed by atoms with Crippen molar-refractivity contribution in [2.75, 3.05) is 18.6 Å². The number of carbonyl (C=O) groups excluding carboxylic acids is 2. The predicted octanol–water partition coefficient (Wildman–Crippen LogP) is 6.34. The minimum Gasteiger partial charge on any atom is -0.396 e. The van der Waals surface area contributed by atoms with Crippen LogP contribution in [-0.4, -0.2) is 35.6 Å². The molecule has 230 valence electrons. The standard InChI is InChI=1S/C30H28F7N3O3/c1-15-7-20(31)5-6-21(15)22-12-23(26-16(14-41)8-25(42)39-26)38-13-24(22)40(4)27(43)28(2,3)17-9-18(29(32,33)34)11-19(10-17)30(35,36)37/h5-7,9-13,16,26,41H,8,14H2,1-4H3,(H,39,42)/t16-,26-/m1/s1. The summed E-state index contributed by atoms with van der Waals surface area (Å²) in [6, 6.07) is 5.80. The van der Waals surface area contributed by atoms with E-state index in [0.717, 1.165) is 4.90 Å². The average Bonchev–Trinajstić information content (AvgIpc) is 3.31. The Kier molecular flexibility index (Phi) is 8.35. The number of carbonyl (C=O) groups is 2. The van der Waals surface area contributed by atoms with E-state index in [1.807, 2.05) is 0 Å². The molecular formula is C30H28F7N3O3. The van der Waals surface area contributed by atoms with Crippen molar-refractivity contribution in [2.24, 2.45) is 5.92 Å². The van der Waals surface area contributed by atoms with E-state index in [1.165, 1.54) is 45.3 Å². The molecule has 1 aromatic heterocycles. The third kappa shape index (κ3) is 6.36. The average molecular weight is 612 g/mol. The molecule has 2 N–H and O–H groups in total. The number of rotatable bonds is 6. The molecule has 1 aliphatic heterocycles. The lowest BCUT2D eigenvalue weighted by Gasteiger charge is -2.32. The molecule has 1 aliphatic rings. The van der Waals surface area contributed by atoms with Crippen LogP contribution < -0.4 is 10.2 Å². The highest BCUT2D eigenvalue weighted by molar-refractivity contribution is 6.03. The first kappa shape index (κ1) is 31.9. The van der Waals surface area contributed by atoms with Crippen LogP contribution in [0.25, 0.3) is 11.1 Å². The van der Waals surface area contributed by atoms with Crippen molar-refractivity contribution in [1.29, 1.82) is 0 Å². The quantitative estimate of drug-likeness (QED) is 0.319. The van der Waals surface area contributed by atoms with Crippen LogP contribution in [0.2, 0.25) is 0 Å². The lowest BCUT2D eigenvalue weighted by atomic mass is 9.81. The molecule has 0 bridgehead atoms. The predicted molar refractivity (Wildman–Crippen MR) is 143 cm³/mol. The van der Waals surface area contributed by atoms with Gasteiger partial charge in [-0.25, -0.2) is 4.39 Å². The lowest BCUT2D eigenvalue weighted by molar-refractivity contribution is -0.143. The summed E-state index contributed by atoms with van der Waals surface area (Å²) >= 11 is 0. The van der Waals surface area contributed by atoms with Gasteiger partial charge in [0.1, 0.15) is 5.82 Å². The molecular weight excluding hydrogens is 583 g/mol. The van der Waals surface area contributed by atoms with Crippen molar-refractivity contribution in [1.82, 2.24) is 10.3 Å². The van der Waals surface area contributed by atoms with Crippen LogP contribution in [-0.2, 0) is 27.4 Å². The number of benzene rings is 2. The number of hydrogen-bond acceptors (Lipinski definition) is 4. The maximum Gasteiger partial charge on any atom is 0.416 e. The Labute approximate surface area is 242 Å². The number of aliphatic hydroxyl groups excluding tert-OH is 1. The molecule has 0 aliphatic carbocycles. The summed E-state index contributed by atoms with van der Waals surface area (Å²) in [5.41, 5.74) is -3.77. The minimum atomic E-state index is -5.10. The van der Waals surface area contributed by atoms with Crippen molar-refractivity contribution in [3.05, 3.63) is 82.4 Å². The van der Waals surface area contributed by atoms with Gasteiger partial charge < -0.3 is 15.3 Å². The largest absolute Gasteiger partial charge is 0.416 e. The van der Waals surface area contributed by atoms with E-state index in [-0.39, 0.29) is 30.7 Å². The summed E-state index contributed by atoms with van der Waals surface area (Å²) < 4.78 is 95.3. The van der Waals surface area contributed by atoms with Crippen molar-refractivity contribution < 1.29 is 45.4 Å². The van der Waals surface area contributed by atoms with Gasteiger partial charge in [0.25, 0.3) is 0 Å². The summed E-state index contributed by atoms with van der Waals surface area (Å²) in [6.45, 7) is 3.72. The van der Waals surface area contributed by atoms with E-state index >= 15 is 0 Å². The molecule has 0 radical (unpaired) electrons. The van der Waals surface area contributed by atoms with Crippen LogP contribution in [0.3, 0.4) is 0 Å². The fourth-order valence-corrected chi connectivity index (χ4v) is 5.21. The van der Waals surface area contributed by atoms with Crippen molar-refractivity contribution >= 4 is 17.5 Å². The van der Waals surface area contributed by atoms with Gasteiger partial charge in [-0.05, 0) is 73.9 Å². The number of nitrogens with zero attached hydrogens (tertiary/aromatic N) is 2. The van der Waals surface area contributed by atoms with Gasteiger partial charge in [-0.2, -0.15) is 26.3 Å². The van der Waals surface area contributed by atoms with E-state index in [4.69, 9.17) is 0 Å². The maximum absolute atomic E-state index is 14.0. The van der Waals surface area contributed by atoms with Gasteiger partial charge in [0.2, 0.25) is 11.8 Å². The Morgan fingerprint density at radius 1 is 0.977 bits per heavy atom. The number of aromatic nitrogens is 1. The van der Waals surface area contributed by atoms with Crippen molar-refractivity contribution in [3.63, 3.8) is 0 Å². The summed E-state index contributed by atoms with van der Waals surface area (Å²) in [5.74, 6) is -2.17. The second kappa shape index (κ2) is 11.3. The second-order valence-corrected chi connectivity index (χ2v) is 11.1. The van der Waals surface area contributed by atoms with Crippen LogP contribution in [0.5, 0.6) is 0 Å². The summed E-state index contributed by atoms with van der Waals surface area (Å²) in [7, 11) is 1.30. The number of pyridine rings is 1. The number of nitrogens with one attached hydrogen (secondary N) is 1. The number of alkyl halides is 6. The van der Waals surface area contributed by atoms with Crippen molar-refractivity contribution in [3.8, 4) is 11.1 Å². The zero-order chi connectivity index (χ0) is 32.1. The molecule has 43 heavy (non-hydrogen) atoms. The zero-order valence-corrected chi connectivity index (χ0v) is 23.5. The fourth-order valence-electron chi connectivity index (χ4n) is 5.21. The minimum absolute atomic E-state index is 0.00667. The number of aliphatic hydroxyl groups is 1. The van der Waals surface area contributed by atoms with Crippen LogP contribution in [0.1, 0.15) is 54.3 Å². The Morgan fingerprint density at radius 2 is 1.56 bits per heavy atom. The Hall–Kier alpha value is -4.00. The molecule has 1 saturated heterocycles. The molecule has 1 fully saturated rings. The molecule has 2 atom stereocenters. The topological polar surface area (TPSA) is 82.5 Å². The van der Waals surface area contributed by atoms with Crippen LogP contribution in [0.4, 0.5) is 36.4 Å². The number of aryl methyl sites for hydroxylation is 1. The Morgan fingerprint density at radius 3 is 2.09 bits per heavy atom. The summed E-state index contributed by atoms with van der Waals surface area (Å²) in [6.07, 6.45) is -8.86. The molecule has 0 saturated carbocycles. The second-order valence-electron chi connectivity index (χ2n) is 11.1. The van der Waals surface area contributed by atoms with E-state index in [0.29, 0.717) is 34.5 Å². The highest BCUT2D eigenvalue weighted by atomic mass is 19.4. The van der Waals surface area contributed by atoms with Gasteiger partial charge in [0.05, 0.1) is 40.2 Å². The van der Waals surface area contributed by atoms with Gasteiger partial charge in [-0.1, -0.05) is 6.07 Å². The molecule has 2 amide bonds. The third-order valence-corrected chi connectivity index (χ3v) is 7.68. The smallest absolute Gasteiger partial charge is 0.396 e. The number of amides is 2. The summed E-state index contributed by atoms with van der Waals surface area (Å²) in [5, 5.41) is 12.5. The van der Waals surface area contributed by atoms with E-state index in [1.54, 1.807) is 13.0 Å². The molecule has 3 aromatic rings. The normalized spacial score (nSPS) is 17.6. The molecule has 0 unspecified atom stereocenters. The molecule has 13 heteroatoms. The lowest BCUT2D eigenvalue weighted by Crippen LogP contribution is -2.42. The van der Waals surface area contributed by atoms with Gasteiger partial charge in [0, 0.05) is 31.6 Å². The molecule has 2 aromatic carbocycles. The highest BCUT2D eigenvalue weighted by Crippen LogP contribution is 2.41. The van der Waals surface area contributed by atoms with Gasteiger partial charge in [-0.3, -0.25) is 14.6 Å². The number of halogens is 7. The Balaban J connectivity index is 1.84. The molecule has 0 spiro atoms. The van der Waals surface area contributed by atoms with Crippen LogP contribution in [0.15, 0.2) is 48.7 Å². The first-order valence-corrected chi connectivity index (χ1v) is 13.1. The van der Waals surface area contributed by atoms with Gasteiger partial charge >= 0.3 is 12.4 Å². The van der Waals surface area contributed by atoms with E-state index in [2.05, 4.69) is 10.3 Å². The fraction of sp³-hybridized carbons (Fsp3) is 0.367. The molecule has 4 rings (SSSR count). The first-order valence-electron chi connectivity index (χ1n) is 13.1. The van der Waals surface area contributed by atoms with Crippen LogP contribution >= 0.6 is 0 Å². The van der Waals surface area contributed by atoms with E-state index in [9.17, 15) is 45.4 Å². The highest BCUT2D eigenvalue weighted by Gasteiger charge is 2.41. The monoisotopic (exact) mass is 611 g/mol. The summed E-state index contributed by atoms with van der Waals surface area (Å²) in [4.78, 5) is 31.4. The molecule has 2 heterocycles. The maximum atomic E-state index is 14.0. The van der Waals surface area contributed by atoms with Gasteiger partial charge in [0.15, 0.2) is 0 Å². The molecule has 6 nitrogen and oxygen atoms in total. The van der Waals surface area contributed by atoms with E-state index < -0.39 is 58.1 Å². The number of hydrogen-bond donors (Lipinski definition) is 2. The Bertz CT molecular complexity index is 1540. The first-order chi connectivity index (χ1) is 19.8. The third-order valence-electron chi connectivity index (χ3n) is 7.68.